The van der Waals surface area contributed by atoms with Gasteiger partial charge in [-0.25, -0.2) is 0 Å². The fourth-order valence-electron chi connectivity index (χ4n) is 8.45. The molecule has 0 aliphatic rings. The summed E-state index contributed by atoms with van der Waals surface area (Å²) < 4.78 is 0. The van der Waals surface area contributed by atoms with Gasteiger partial charge in [0.2, 0.25) is 0 Å². The first-order chi connectivity index (χ1) is 30.6. The summed E-state index contributed by atoms with van der Waals surface area (Å²) in [5.41, 5.74) is 15.6. The predicted molar refractivity (Wildman–Crippen MR) is 249 cm³/mol. The van der Waals surface area contributed by atoms with E-state index in [9.17, 15) is 21.0 Å². The molecular weight excluding hydrogens is 753 g/mol. The summed E-state index contributed by atoms with van der Waals surface area (Å²) >= 11 is 0. The number of rotatable bonds is 8. The molecule has 62 heavy (non-hydrogen) atoms. The van der Waals surface area contributed by atoms with Crippen molar-refractivity contribution in [2.75, 3.05) is 0 Å². The van der Waals surface area contributed by atoms with Crippen LogP contribution in [0.5, 0.6) is 0 Å². The highest BCUT2D eigenvalue weighted by Crippen LogP contribution is 2.57. The topological polar surface area (TPSA) is 95.2 Å². The van der Waals surface area contributed by atoms with Crippen LogP contribution < -0.4 is 0 Å². The van der Waals surface area contributed by atoms with E-state index in [1.807, 2.05) is 121 Å². The minimum Gasteiger partial charge on any atom is -0.192 e. The van der Waals surface area contributed by atoms with Crippen molar-refractivity contribution in [3.05, 3.63) is 229 Å². The maximum atomic E-state index is 10.9. The van der Waals surface area contributed by atoms with Gasteiger partial charge in [-0.05, 0) is 114 Å². The van der Waals surface area contributed by atoms with Crippen LogP contribution in [0.1, 0.15) is 22.3 Å². The van der Waals surface area contributed by atoms with Gasteiger partial charge in [0.15, 0.2) is 0 Å². The molecule has 4 nitrogen and oxygen atoms in total. The Bertz CT molecular complexity index is 3080. The summed E-state index contributed by atoms with van der Waals surface area (Å²) in [7, 11) is 0. The normalized spacial score (nSPS) is 10.5. The number of nitriles is 4. The predicted octanol–water partition coefficient (Wildman–Crippen LogP) is 14.5. The van der Waals surface area contributed by atoms with Crippen molar-refractivity contribution in [2.24, 2.45) is 0 Å². The summed E-state index contributed by atoms with van der Waals surface area (Å²) in [6.07, 6.45) is 0. The summed E-state index contributed by atoms with van der Waals surface area (Å²) in [4.78, 5) is 0. The second kappa shape index (κ2) is 17.0. The molecular formula is C58H34N4. The van der Waals surface area contributed by atoms with Gasteiger partial charge < -0.3 is 0 Å². The molecule has 0 radical (unpaired) electrons. The van der Waals surface area contributed by atoms with Crippen molar-refractivity contribution in [3.8, 4) is 113 Å². The Labute approximate surface area is 361 Å². The fraction of sp³-hybridized carbons (Fsp3) is 0. The zero-order chi connectivity index (χ0) is 42.4. The second-order valence-electron chi connectivity index (χ2n) is 14.8. The van der Waals surface area contributed by atoms with Gasteiger partial charge in [0, 0.05) is 11.1 Å². The minimum atomic E-state index is 0.465. The van der Waals surface area contributed by atoms with Crippen LogP contribution in [0.3, 0.4) is 0 Å². The van der Waals surface area contributed by atoms with Crippen LogP contribution in [0.15, 0.2) is 206 Å². The second-order valence-corrected chi connectivity index (χ2v) is 14.8. The molecule has 9 aromatic rings. The first kappa shape index (κ1) is 38.5. The Morgan fingerprint density at radius 3 is 0.903 bits per heavy atom. The van der Waals surface area contributed by atoms with Gasteiger partial charge in [-0.15, -0.1) is 0 Å². The van der Waals surface area contributed by atoms with Crippen molar-refractivity contribution in [2.45, 2.75) is 0 Å². The molecule has 9 rings (SSSR count). The lowest BCUT2D eigenvalue weighted by Crippen LogP contribution is -2.04. The quantitative estimate of drug-likeness (QED) is 0.153. The lowest BCUT2D eigenvalue weighted by Gasteiger charge is -2.29. The minimum absolute atomic E-state index is 0.465. The number of nitrogens with zero attached hydrogens (tertiary/aromatic N) is 4. The van der Waals surface area contributed by atoms with E-state index in [4.69, 9.17) is 0 Å². The number of benzene rings is 9. The Balaban J connectivity index is 1.56. The van der Waals surface area contributed by atoms with Crippen LogP contribution in [0.4, 0.5) is 0 Å². The molecule has 0 heterocycles. The molecule has 0 bridgehead atoms. The monoisotopic (exact) mass is 786 g/mol. The Morgan fingerprint density at radius 2 is 0.532 bits per heavy atom. The summed E-state index contributed by atoms with van der Waals surface area (Å²) in [6.45, 7) is 0. The number of hydrogen-bond donors (Lipinski definition) is 0. The average molecular weight is 787 g/mol. The molecule has 0 fully saturated rings. The molecule has 0 aromatic heterocycles. The molecule has 0 aliphatic heterocycles. The van der Waals surface area contributed by atoms with Crippen molar-refractivity contribution < 1.29 is 0 Å². The first-order valence-electron chi connectivity index (χ1n) is 20.2. The van der Waals surface area contributed by atoms with Crippen molar-refractivity contribution in [1.29, 1.82) is 21.0 Å². The van der Waals surface area contributed by atoms with Crippen LogP contribution in [-0.2, 0) is 0 Å². The van der Waals surface area contributed by atoms with Gasteiger partial charge >= 0.3 is 0 Å². The van der Waals surface area contributed by atoms with Gasteiger partial charge in [0.05, 0.1) is 46.5 Å². The molecule has 0 amide bonds. The van der Waals surface area contributed by atoms with E-state index in [1.54, 1.807) is 12.1 Å². The summed E-state index contributed by atoms with van der Waals surface area (Å²) in [6, 6.07) is 77.4. The van der Waals surface area contributed by atoms with Crippen LogP contribution in [0, 0.1) is 45.3 Å². The van der Waals surface area contributed by atoms with Gasteiger partial charge in [0.25, 0.3) is 0 Å². The van der Waals surface area contributed by atoms with Crippen molar-refractivity contribution in [3.63, 3.8) is 0 Å². The highest BCUT2D eigenvalue weighted by atomic mass is 14.3. The molecule has 0 aliphatic carbocycles. The van der Waals surface area contributed by atoms with Crippen LogP contribution in [0.2, 0.25) is 0 Å². The van der Waals surface area contributed by atoms with Crippen LogP contribution in [0.25, 0.3) is 89.0 Å². The number of hydrogen-bond acceptors (Lipinski definition) is 4. The van der Waals surface area contributed by atoms with E-state index in [-0.39, 0.29) is 0 Å². The lowest BCUT2D eigenvalue weighted by molar-refractivity contribution is 1.45. The van der Waals surface area contributed by atoms with Crippen molar-refractivity contribution in [1.82, 2.24) is 0 Å². The van der Waals surface area contributed by atoms with E-state index in [0.717, 1.165) is 77.9 Å². The molecule has 4 heteroatoms. The molecule has 0 saturated carbocycles. The van der Waals surface area contributed by atoms with E-state index < -0.39 is 0 Å². The van der Waals surface area contributed by atoms with Gasteiger partial charge in [-0.2, -0.15) is 21.0 Å². The lowest BCUT2D eigenvalue weighted by atomic mass is 9.73. The SMILES string of the molecule is N#Cc1cccc(-c2c(-c3cccc(C#N)c3)c(-c3ccc(-c4ccccc4)cc3)c(-c3ccccc3C#N)c(-c3ccccc3C#N)c2-c2ccc(-c3ccccc3)cc2)c1. The molecule has 286 valence electrons. The van der Waals surface area contributed by atoms with Gasteiger partial charge in [-0.1, -0.05) is 170 Å². The average Bonchev–Trinajstić information content (AvgIpc) is 3.36. The van der Waals surface area contributed by atoms with Crippen LogP contribution >= 0.6 is 0 Å². The molecule has 0 saturated heterocycles. The third-order valence-corrected chi connectivity index (χ3v) is 11.3. The highest BCUT2D eigenvalue weighted by molar-refractivity contribution is 6.16. The molecule has 0 N–H and O–H groups in total. The Kier molecular flexibility index (Phi) is 10.6. The summed E-state index contributed by atoms with van der Waals surface area (Å²) in [5.74, 6) is 0. The first-order valence-corrected chi connectivity index (χ1v) is 20.2. The van der Waals surface area contributed by atoms with Crippen LogP contribution in [-0.4, -0.2) is 0 Å². The maximum absolute atomic E-state index is 10.9. The standard InChI is InChI=1S/C58H34N4/c59-35-39-13-11-21-47(33-39)55-53(45-29-25-43(26-30-45)41-15-3-1-4-16-41)57(51-23-9-7-19-49(51)37-61)58(52-24-10-8-20-50(52)38-62)54(56(55)48-22-12-14-40(34-48)36-60)46-31-27-44(28-32-46)42-17-5-2-6-18-42/h1-34H. The fourth-order valence-corrected chi connectivity index (χ4v) is 8.45. The van der Waals surface area contributed by atoms with E-state index in [2.05, 4.69) is 97.1 Å². The Morgan fingerprint density at radius 1 is 0.226 bits per heavy atom. The zero-order valence-electron chi connectivity index (χ0n) is 33.4. The van der Waals surface area contributed by atoms with Gasteiger partial charge in [-0.3, -0.25) is 0 Å². The van der Waals surface area contributed by atoms with Gasteiger partial charge in [0.1, 0.15) is 0 Å². The molecule has 0 atom stereocenters. The molecule has 0 spiro atoms. The highest BCUT2D eigenvalue weighted by Gasteiger charge is 2.31. The maximum Gasteiger partial charge on any atom is 0.0998 e. The van der Waals surface area contributed by atoms with E-state index in [1.165, 1.54) is 0 Å². The Hall–Kier alpha value is -9.06. The third-order valence-electron chi connectivity index (χ3n) is 11.3. The van der Waals surface area contributed by atoms with E-state index >= 15 is 0 Å². The molecule has 9 aromatic carbocycles. The smallest absolute Gasteiger partial charge is 0.0998 e. The zero-order valence-corrected chi connectivity index (χ0v) is 33.4. The largest absolute Gasteiger partial charge is 0.192 e. The van der Waals surface area contributed by atoms with Crippen molar-refractivity contribution >= 4 is 0 Å². The molecule has 0 unspecified atom stereocenters. The van der Waals surface area contributed by atoms with E-state index in [0.29, 0.717) is 33.4 Å². The third kappa shape index (κ3) is 7.19. The summed E-state index contributed by atoms with van der Waals surface area (Å²) in [5, 5.41) is 42.4.